The van der Waals surface area contributed by atoms with Gasteiger partial charge in [0.15, 0.2) is 5.65 Å². The molecule has 0 unspecified atom stereocenters. The van der Waals surface area contributed by atoms with Gasteiger partial charge < -0.3 is 20.0 Å². The quantitative estimate of drug-likeness (QED) is 0.359. The highest BCUT2D eigenvalue weighted by Crippen LogP contribution is 2.24. The van der Waals surface area contributed by atoms with E-state index in [1.165, 1.54) is 4.57 Å². The van der Waals surface area contributed by atoms with E-state index in [9.17, 15) is 19.2 Å². The summed E-state index contributed by atoms with van der Waals surface area (Å²) in [5.41, 5.74) is 0.468. The monoisotopic (exact) mass is 557 g/mol. The van der Waals surface area contributed by atoms with Crippen molar-refractivity contribution in [2.75, 3.05) is 57.3 Å². The van der Waals surface area contributed by atoms with Gasteiger partial charge in [0.1, 0.15) is 17.0 Å². The second-order valence-electron chi connectivity index (χ2n) is 10.8. The number of benzene rings is 1. The first-order valence-electron chi connectivity index (χ1n) is 14.4. The van der Waals surface area contributed by atoms with E-state index in [-0.39, 0.29) is 29.2 Å². The lowest BCUT2D eigenvalue weighted by Gasteiger charge is -2.35. The Kier molecular flexibility index (Phi) is 7.21. The zero-order valence-corrected chi connectivity index (χ0v) is 23.6. The number of para-hydroxylation sites is 1. The minimum absolute atomic E-state index is 0.0453. The Hall–Kier alpha value is -4.25. The topological polar surface area (TPSA) is 112 Å². The smallest absolute Gasteiger partial charge is 0.261 e. The van der Waals surface area contributed by atoms with E-state index < -0.39 is 11.3 Å². The number of amides is 2. The Balaban J connectivity index is 1.54. The Morgan fingerprint density at radius 1 is 0.927 bits per heavy atom. The van der Waals surface area contributed by atoms with Crippen LogP contribution in [0.5, 0.6) is 0 Å². The molecule has 5 heterocycles. The molecule has 3 aromatic heterocycles. The Labute approximate surface area is 237 Å². The van der Waals surface area contributed by atoms with Crippen molar-refractivity contribution >= 4 is 45.2 Å². The van der Waals surface area contributed by atoms with Crippen molar-refractivity contribution in [1.29, 1.82) is 0 Å². The van der Waals surface area contributed by atoms with Crippen molar-refractivity contribution in [2.45, 2.75) is 33.2 Å². The second-order valence-corrected chi connectivity index (χ2v) is 10.8. The second kappa shape index (κ2) is 11.0. The molecule has 2 aliphatic rings. The molecule has 11 heteroatoms. The Bertz CT molecular complexity index is 1780. The zero-order valence-electron chi connectivity index (χ0n) is 23.6. The summed E-state index contributed by atoms with van der Waals surface area (Å²) >= 11 is 0. The highest BCUT2D eigenvalue weighted by atomic mass is 16.2. The molecule has 0 saturated carbocycles. The number of piperazine rings is 1. The van der Waals surface area contributed by atoms with Crippen LogP contribution in [0.4, 0.5) is 5.82 Å². The van der Waals surface area contributed by atoms with Gasteiger partial charge in [-0.25, -0.2) is 4.98 Å². The van der Waals surface area contributed by atoms with Gasteiger partial charge in [-0.15, -0.1) is 0 Å². The van der Waals surface area contributed by atoms with Crippen LogP contribution < -0.4 is 21.2 Å². The average Bonchev–Trinajstić information content (AvgIpc) is 3.51. The summed E-state index contributed by atoms with van der Waals surface area (Å²) in [5.74, 6) is 0.230. The van der Waals surface area contributed by atoms with Gasteiger partial charge in [0.05, 0.1) is 16.3 Å². The molecule has 0 spiro atoms. The van der Waals surface area contributed by atoms with Crippen molar-refractivity contribution in [2.24, 2.45) is 0 Å². The molecule has 0 atom stereocenters. The van der Waals surface area contributed by atoms with E-state index in [2.05, 4.69) is 15.1 Å². The number of hydrogen-bond acceptors (Lipinski definition) is 7. The van der Waals surface area contributed by atoms with Crippen LogP contribution in [0.1, 0.15) is 37.0 Å². The molecule has 1 N–H and O–H groups in total. The van der Waals surface area contributed by atoms with Crippen molar-refractivity contribution in [1.82, 2.24) is 29.1 Å². The Morgan fingerprint density at radius 3 is 2.37 bits per heavy atom. The third kappa shape index (κ3) is 4.73. The van der Waals surface area contributed by atoms with E-state index in [1.807, 2.05) is 19.1 Å². The predicted molar refractivity (Wildman–Crippen MR) is 159 cm³/mol. The molecule has 1 aromatic carbocycles. The molecule has 0 radical (unpaired) electrons. The number of aryl methyl sites for hydroxylation is 1. The van der Waals surface area contributed by atoms with E-state index >= 15 is 0 Å². The lowest BCUT2D eigenvalue weighted by atomic mass is 10.1. The molecule has 2 amide bonds. The molecule has 4 aromatic rings. The maximum absolute atomic E-state index is 14.0. The van der Waals surface area contributed by atoms with Gasteiger partial charge in [-0.05, 0) is 57.1 Å². The average molecular weight is 558 g/mol. The number of hydrogen-bond donors (Lipinski definition) is 1. The lowest BCUT2D eigenvalue weighted by Crippen LogP contribution is -2.48. The molecular formula is C30H35N7O4. The highest BCUT2D eigenvalue weighted by molar-refractivity contribution is 6.04. The van der Waals surface area contributed by atoms with Crippen LogP contribution in [0.15, 0.2) is 46.0 Å². The normalized spacial score (nSPS) is 16.2. The molecule has 2 aliphatic heterocycles. The van der Waals surface area contributed by atoms with Crippen LogP contribution in [0.25, 0.3) is 27.6 Å². The van der Waals surface area contributed by atoms with E-state index in [1.54, 1.807) is 40.5 Å². The zero-order chi connectivity index (χ0) is 28.7. The molecule has 214 valence electrons. The summed E-state index contributed by atoms with van der Waals surface area (Å²) < 4.78 is 3.29. The number of nitrogens with zero attached hydrogens (tertiary/aromatic N) is 6. The van der Waals surface area contributed by atoms with Crippen molar-refractivity contribution in [3.8, 4) is 0 Å². The Morgan fingerprint density at radius 2 is 1.66 bits per heavy atom. The molecule has 2 saturated heterocycles. The maximum atomic E-state index is 14.0. The number of carbonyl (C=O) groups excluding carboxylic acids is 2. The first kappa shape index (κ1) is 26.9. The van der Waals surface area contributed by atoms with Crippen LogP contribution in [0, 0.1) is 0 Å². The predicted octanol–water partition coefficient (Wildman–Crippen LogP) is 1.68. The molecule has 0 bridgehead atoms. The number of carbonyl (C=O) groups is 2. The van der Waals surface area contributed by atoms with Crippen molar-refractivity contribution in [3.05, 3.63) is 62.5 Å². The fourth-order valence-corrected chi connectivity index (χ4v) is 6.16. The third-order valence-electron chi connectivity index (χ3n) is 8.36. The van der Waals surface area contributed by atoms with Crippen molar-refractivity contribution in [3.63, 3.8) is 0 Å². The number of pyridine rings is 2. The van der Waals surface area contributed by atoms with Gasteiger partial charge in [0.2, 0.25) is 11.3 Å². The number of likely N-dealkylation sites (tertiary alicyclic amines) is 1. The van der Waals surface area contributed by atoms with Gasteiger partial charge >= 0.3 is 0 Å². The molecule has 11 nitrogen and oxygen atoms in total. The fourth-order valence-electron chi connectivity index (χ4n) is 6.16. The van der Waals surface area contributed by atoms with Gasteiger partial charge in [-0.2, -0.15) is 0 Å². The molecular weight excluding hydrogens is 522 g/mol. The summed E-state index contributed by atoms with van der Waals surface area (Å²) in [6, 6.07) is 10.7. The van der Waals surface area contributed by atoms with Gasteiger partial charge in [-0.1, -0.05) is 12.1 Å². The van der Waals surface area contributed by atoms with Crippen LogP contribution in [0.3, 0.4) is 0 Å². The van der Waals surface area contributed by atoms with E-state index in [0.717, 1.165) is 25.9 Å². The standard InChI is InChI=1S/C30H35N7O4/c1-3-36-29-25(28(40)31-12-15-33-13-6-7-14-33)26(39)22-10-11-24(35-18-16-34(17-19-35)20(2)38)32-27(22)37(29)23-9-5-4-8-21(23)30(36)41/h4-5,8-11H,3,6-7,12-19H2,1-2H3,(H,31,40). The largest absolute Gasteiger partial charge is 0.353 e. The third-order valence-corrected chi connectivity index (χ3v) is 8.36. The first-order chi connectivity index (χ1) is 19.9. The summed E-state index contributed by atoms with van der Waals surface area (Å²) in [6.07, 6.45) is 2.31. The lowest BCUT2D eigenvalue weighted by molar-refractivity contribution is -0.129. The molecule has 6 rings (SSSR count). The number of fused-ring (bicyclic) bond motifs is 5. The minimum Gasteiger partial charge on any atom is -0.353 e. The first-order valence-corrected chi connectivity index (χ1v) is 14.4. The molecule has 41 heavy (non-hydrogen) atoms. The number of nitrogens with one attached hydrogen (secondary N) is 1. The summed E-state index contributed by atoms with van der Waals surface area (Å²) in [4.78, 5) is 64.3. The van der Waals surface area contributed by atoms with E-state index in [0.29, 0.717) is 67.0 Å². The maximum Gasteiger partial charge on any atom is 0.261 e. The van der Waals surface area contributed by atoms with Crippen LogP contribution in [-0.2, 0) is 11.3 Å². The summed E-state index contributed by atoms with van der Waals surface area (Å²) in [7, 11) is 0. The number of anilines is 1. The molecule has 2 fully saturated rings. The van der Waals surface area contributed by atoms with Crippen LogP contribution in [0.2, 0.25) is 0 Å². The van der Waals surface area contributed by atoms with Crippen LogP contribution >= 0.6 is 0 Å². The van der Waals surface area contributed by atoms with Crippen LogP contribution in [-0.4, -0.2) is 87.9 Å². The van der Waals surface area contributed by atoms with E-state index in [4.69, 9.17) is 4.98 Å². The minimum atomic E-state index is -0.491. The molecule has 0 aliphatic carbocycles. The summed E-state index contributed by atoms with van der Waals surface area (Å²) in [5, 5.41) is 3.74. The summed E-state index contributed by atoms with van der Waals surface area (Å²) in [6.45, 7) is 9.23. The number of rotatable bonds is 6. The van der Waals surface area contributed by atoms with Gasteiger partial charge in [0.25, 0.3) is 11.5 Å². The van der Waals surface area contributed by atoms with Gasteiger partial charge in [0, 0.05) is 52.7 Å². The van der Waals surface area contributed by atoms with Crippen molar-refractivity contribution < 1.29 is 9.59 Å². The highest BCUT2D eigenvalue weighted by Gasteiger charge is 2.26. The van der Waals surface area contributed by atoms with Gasteiger partial charge in [-0.3, -0.25) is 28.1 Å². The number of aromatic nitrogens is 3. The fraction of sp³-hybridized carbons (Fsp3) is 0.433. The SMILES string of the molecule is CCn1c(=O)c2ccccc2n2c3nc(N4CCN(C(C)=O)CC4)ccc3c(=O)c(C(=O)NCCN3CCCC3)c12.